The number of hydrogen-bond donors (Lipinski definition) is 0. The molecule has 1 aromatic heterocycles. The lowest BCUT2D eigenvalue weighted by Crippen LogP contribution is -2.48. The zero-order valence-electron chi connectivity index (χ0n) is 39.4. The molecule has 8 aromatic rings. The number of rotatable bonds is 7. The summed E-state index contributed by atoms with van der Waals surface area (Å²) in [6, 6.07) is 61.5. The van der Waals surface area contributed by atoms with Crippen molar-refractivity contribution < 1.29 is 0 Å². The maximum atomic E-state index is 2.59. The Hall–Kier alpha value is -5.86. The molecule has 0 aliphatic heterocycles. The fourth-order valence-electron chi connectivity index (χ4n) is 17.3. The highest BCUT2D eigenvalue weighted by molar-refractivity contribution is 6.12. The molecule has 2 nitrogen and oxygen atoms in total. The molecule has 0 radical (unpaired) electrons. The minimum absolute atomic E-state index is 0.191. The van der Waals surface area contributed by atoms with Gasteiger partial charge in [-0.1, -0.05) is 98.8 Å². The van der Waals surface area contributed by atoms with Crippen molar-refractivity contribution in [3.05, 3.63) is 180 Å². The number of para-hydroxylation sites is 1. The molecule has 0 spiro atoms. The SMILES string of the molecule is CC1(C)c2cc(N(c3ccc(C45CC6CC(CC(C6)C4)C5)cc3)c3ccc(C45CC6CC(CC(C6)C4)C5)cc3)ccc2-c2cc3c(cc21)c1cc(-c2ccccc2)ccc1n3-c1ccccc1. The molecule has 0 unspecified atom stereocenters. The molecule has 17 rings (SSSR count). The van der Waals surface area contributed by atoms with Crippen LogP contribution in [0.4, 0.5) is 17.1 Å². The van der Waals surface area contributed by atoms with Crippen LogP contribution in [-0.4, -0.2) is 4.57 Å². The summed E-state index contributed by atoms with van der Waals surface area (Å²) in [6.45, 7) is 4.92. The maximum absolute atomic E-state index is 2.59. The van der Waals surface area contributed by atoms with E-state index < -0.39 is 0 Å². The van der Waals surface area contributed by atoms with Gasteiger partial charge in [-0.25, -0.2) is 0 Å². The van der Waals surface area contributed by atoms with Gasteiger partial charge in [0.2, 0.25) is 0 Å². The number of nitrogens with zero attached hydrogens (tertiary/aromatic N) is 2. The highest BCUT2D eigenvalue weighted by Crippen LogP contribution is 2.63. The molecule has 8 fully saturated rings. The quantitative estimate of drug-likeness (QED) is 0.155. The zero-order valence-corrected chi connectivity index (χ0v) is 39.4. The Kier molecular flexibility index (Phi) is 8.24. The maximum Gasteiger partial charge on any atom is 0.0547 e. The molecule has 9 aliphatic carbocycles. The number of hydrogen-bond acceptors (Lipinski definition) is 1. The van der Waals surface area contributed by atoms with Gasteiger partial charge >= 0.3 is 0 Å². The van der Waals surface area contributed by atoms with Gasteiger partial charge in [-0.05, 0) is 241 Å². The molecule has 0 saturated heterocycles. The second-order valence-electron chi connectivity index (χ2n) is 23.9. The Bertz CT molecular complexity index is 3100. The van der Waals surface area contributed by atoms with Crippen LogP contribution in [0.25, 0.3) is 49.7 Å². The van der Waals surface area contributed by atoms with Crippen molar-refractivity contribution in [3.8, 4) is 27.9 Å². The Labute approximate surface area is 397 Å². The molecular weight excluding hydrogens is 809 g/mol. The van der Waals surface area contributed by atoms with Crippen molar-refractivity contribution in [1.29, 1.82) is 0 Å². The summed E-state index contributed by atoms with van der Waals surface area (Å²) in [5.41, 5.74) is 19.3. The second kappa shape index (κ2) is 14.1. The molecule has 0 amide bonds. The van der Waals surface area contributed by atoms with Crippen molar-refractivity contribution in [2.75, 3.05) is 4.90 Å². The summed E-state index contributed by atoms with van der Waals surface area (Å²) in [5, 5.41) is 2.62. The third-order valence-electron chi connectivity index (χ3n) is 19.5. The Morgan fingerprint density at radius 2 is 0.881 bits per heavy atom. The normalized spacial score (nSPS) is 29.2. The molecule has 7 aromatic carbocycles. The van der Waals surface area contributed by atoms with Gasteiger partial charge in [0.1, 0.15) is 0 Å². The Morgan fingerprint density at radius 1 is 0.403 bits per heavy atom. The predicted octanol–water partition coefficient (Wildman–Crippen LogP) is 17.2. The van der Waals surface area contributed by atoms with Crippen LogP contribution in [0.15, 0.2) is 158 Å². The molecule has 0 atom stereocenters. The number of fused-ring (bicyclic) bond motifs is 6. The summed E-state index contributed by atoms with van der Waals surface area (Å²) >= 11 is 0. The number of benzene rings is 7. The second-order valence-corrected chi connectivity index (χ2v) is 23.9. The molecule has 0 N–H and O–H groups in total. The van der Waals surface area contributed by atoms with Crippen molar-refractivity contribution in [2.45, 2.75) is 107 Å². The van der Waals surface area contributed by atoms with Crippen LogP contribution in [0.3, 0.4) is 0 Å². The van der Waals surface area contributed by atoms with Crippen molar-refractivity contribution >= 4 is 38.9 Å². The van der Waals surface area contributed by atoms with E-state index in [2.05, 4.69) is 181 Å². The van der Waals surface area contributed by atoms with E-state index in [1.807, 2.05) is 0 Å². The molecule has 2 heteroatoms. The van der Waals surface area contributed by atoms with Gasteiger partial charge in [0.05, 0.1) is 11.0 Å². The smallest absolute Gasteiger partial charge is 0.0547 e. The predicted molar refractivity (Wildman–Crippen MR) is 278 cm³/mol. The standard InChI is InChI=1S/C65H62N2/c1-63(2)59-32-54(22-23-55(59)56-34-62-58(33-60(56)63)57-31-48(47-9-5-3-6-10-47)13-24-61(57)67(62)51-11-7-4-8-12-51)66(52-18-14-49(15-19-52)64-35-41-25-42(36-64)27-43(26-41)37-64)53-20-16-50(17-21-53)65-38-44-28-45(39-65)30-46(29-44)40-65/h3-24,31-34,41-46H,25-30,35-40H2,1-2H3. The summed E-state index contributed by atoms with van der Waals surface area (Å²) in [7, 11) is 0. The summed E-state index contributed by atoms with van der Waals surface area (Å²) in [6.07, 6.45) is 17.3. The lowest BCUT2D eigenvalue weighted by Gasteiger charge is -2.57. The minimum Gasteiger partial charge on any atom is -0.310 e. The van der Waals surface area contributed by atoms with Crippen LogP contribution < -0.4 is 4.90 Å². The first kappa shape index (κ1) is 39.2. The molecular formula is C65H62N2. The molecule has 8 bridgehead atoms. The van der Waals surface area contributed by atoms with E-state index in [1.54, 1.807) is 11.1 Å². The zero-order chi connectivity index (χ0) is 44.2. The van der Waals surface area contributed by atoms with Crippen molar-refractivity contribution in [1.82, 2.24) is 4.57 Å². The van der Waals surface area contributed by atoms with Crippen molar-refractivity contribution in [2.24, 2.45) is 35.5 Å². The van der Waals surface area contributed by atoms with Crippen LogP contribution in [0.5, 0.6) is 0 Å². The van der Waals surface area contributed by atoms with E-state index in [4.69, 9.17) is 0 Å². The van der Waals surface area contributed by atoms with E-state index in [1.165, 1.54) is 155 Å². The molecule has 9 aliphatic rings. The van der Waals surface area contributed by atoms with Crippen LogP contribution in [0.2, 0.25) is 0 Å². The molecule has 8 saturated carbocycles. The van der Waals surface area contributed by atoms with Crippen LogP contribution >= 0.6 is 0 Å². The fraction of sp³-hybridized carbons (Fsp3) is 0.354. The summed E-state index contributed by atoms with van der Waals surface area (Å²) in [5.74, 6) is 5.65. The van der Waals surface area contributed by atoms with Gasteiger partial charge in [-0.2, -0.15) is 0 Å². The Morgan fingerprint density at radius 3 is 1.42 bits per heavy atom. The van der Waals surface area contributed by atoms with Crippen LogP contribution in [0.1, 0.15) is 113 Å². The number of aromatic nitrogens is 1. The summed E-state index contributed by atoms with van der Waals surface area (Å²) in [4.78, 5) is 2.59. The van der Waals surface area contributed by atoms with Crippen LogP contribution in [0, 0.1) is 35.5 Å². The van der Waals surface area contributed by atoms with E-state index in [0.29, 0.717) is 10.8 Å². The van der Waals surface area contributed by atoms with Gasteiger partial charge in [0, 0.05) is 38.9 Å². The van der Waals surface area contributed by atoms with Gasteiger partial charge < -0.3 is 9.47 Å². The topological polar surface area (TPSA) is 8.17 Å². The highest BCUT2D eigenvalue weighted by atomic mass is 15.1. The lowest BCUT2D eigenvalue weighted by atomic mass is 9.48. The minimum atomic E-state index is -0.191. The van der Waals surface area contributed by atoms with Crippen LogP contribution in [-0.2, 0) is 16.2 Å². The first-order valence-electron chi connectivity index (χ1n) is 26.2. The summed E-state index contributed by atoms with van der Waals surface area (Å²) < 4.78 is 2.49. The average Bonchev–Trinajstić information content (AvgIpc) is 3.77. The number of anilines is 3. The van der Waals surface area contributed by atoms with E-state index >= 15 is 0 Å². The Balaban J connectivity index is 0.856. The first-order valence-corrected chi connectivity index (χ1v) is 26.2. The van der Waals surface area contributed by atoms with Gasteiger partial charge in [0.15, 0.2) is 0 Å². The fourth-order valence-corrected chi connectivity index (χ4v) is 17.3. The van der Waals surface area contributed by atoms with Gasteiger partial charge in [0.25, 0.3) is 0 Å². The molecule has 67 heavy (non-hydrogen) atoms. The molecule has 332 valence electrons. The van der Waals surface area contributed by atoms with Gasteiger partial charge in [-0.15, -0.1) is 0 Å². The highest BCUT2D eigenvalue weighted by Gasteiger charge is 2.53. The van der Waals surface area contributed by atoms with E-state index in [9.17, 15) is 0 Å². The first-order chi connectivity index (χ1) is 32.8. The monoisotopic (exact) mass is 870 g/mol. The third kappa shape index (κ3) is 5.87. The lowest BCUT2D eigenvalue weighted by molar-refractivity contribution is -0.00529. The van der Waals surface area contributed by atoms with E-state index in [0.717, 1.165) is 35.5 Å². The average molecular weight is 871 g/mol. The molecule has 1 heterocycles. The van der Waals surface area contributed by atoms with E-state index in [-0.39, 0.29) is 5.41 Å². The van der Waals surface area contributed by atoms with Gasteiger partial charge in [-0.3, -0.25) is 0 Å². The van der Waals surface area contributed by atoms with Crippen molar-refractivity contribution in [3.63, 3.8) is 0 Å². The largest absolute Gasteiger partial charge is 0.310 e. The third-order valence-corrected chi connectivity index (χ3v) is 19.5.